The molecule has 16 heavy (non-hydrogen) atoms. The molecule has 2 N–H and O–H groups in total. The molecule has 1 aromatic heterocycles. The quantitative estimate of drug-likeness (QED) is 0.852. The van der Waals surface area contributed by atoms with Crippen LogP contribution in [0.25, 0.3) is 10.8 Å². The molecule has 0 amide bonds. The average molecular weight is 214 g/mol. The zero-order chi connectivity index (χ0) is 11.5. The molecule has 84 valence electrons. The van der Waals surface area contributed by atoms with Crippen molar-refractivity contribution in [3.8, 4) is 0 Å². The molecule has 2 rings (SSSR count). The molecule has 0 saturated heterocycles. The Morgan fingerprint density at radius 2 is 2.00 bits per heavy atom. The highest BCUT2D eigenvalue weighted by atomic mass is 14.7. The number of benzene rings is 1. The smallest absolute Gasteiger partial charge is 0.0525 e. The number of nitrogens with zero attached hydrogens (tertiary/aromatic N) is 1. The Morgan fingerprint density at radius 3 is 2.75 bits per heavy atom. The maximum absolute atomic E-state index is 6.10. The van der Waals surface area contributed by atoms with Gasteiger partial charge in [0.15, 0.2) is 0 Å². The summed E-state index contributed by atoms with van der Waals surface area (Å²) in [5.41, 5.74) is 7.22. The SMILES string of the molecule is CCC(N)C(C)c1nccc2ccccc12. The van der Waals surface area contributed by atoms with Crippen molar-refractivity contribution in [2.45, 2.75) is 32.2 Å². The Hall–Kier alpha value is -1.41. The van der Waals surface area contributed by atoms with Crippen LogP contribution in [0.4, 0.5) is 0 Å². The minimum atomic E-state index is 0.179. The Morgan fingerprint density at radius 1 is 1.25 bits per heavy atom. The van der Waals surface area contributed by atoms with Crippen molar-refractivity contribution < 1.29 is 0 Å². The zero-order valence-electron chi connectivity index (χ0n) is 9.85. The van der Waals surface area contributed by atoms with Gasteiger partial charge in [-0.2, -0.15) is 0 Å². The van der Waals surface area contributed by atoms with Crippen LogP contribution < -0.4 is 5.73 Å². The highest BCUT2D eigenvalue weighted by molar-refractivity contribution is 5.84. The van der Waals surface area contributed by atoms with Gasteiger partial charge >= 0.3 is 0 Å². The van der Waals surface area contributed by atoms with Crippen LogP contribution in [-0.4, -0.2) is 11.0 Å². The second-order valence-corrected chi connectivity index (χ2v) is 4.28. The Kier molecular flexibility index (Phi) is 3.20. The van der Waals surface area contributed by atoms with Crippen LogP contribution in [0.15, 0.2) is 36.5 Å². The van der Waals surface area contributed by atoms with Gasteiger partial charge in [-0.05, 0) is 17.9 Å². The van der Waals surface area contributed by atoms with Gasteiger partial charge in [-0.3, -0.25) is 4.98 Å². The lowest BCUT2D eigenvalue weighted by atomic mass is 9.93. The minimum Gasteiger partial charge on any atom is -0.327 e. The predicted octanol–water partition coefficient (Wildman–Crippen LogP) is 3.08. The van der Waals surface area contributed by atoms with Crippen molar-refractivity contribution in [3.05, 3.63) is 42.2 Å². The third-order valence-corrected chi connectivity index (χ3v) is 3.25. The Labute approximate surface area is 96.5 Å². The van der Waals surface area contributed by atoms with E-state index in [1.165, 1.54) is 10.8 Å². The molecule has 0 bridgehead atoms. The number of pyridine rings is 1. The molecule has 0 spiro atoms. The minimum absolute atomic E-state index is 0.179. The van der Waals surface area contributed by atoms with Crippen molar-refractivity contribution in [1.29, 1.82) is 0 Å². The van der Waals surface area contributed by atoms with Crippen LogP contribution in [0, 0.1) is 0 Å². The number of hydrogen-bond donors (Lipinski definition) is 1. The second kappa shape index (κ2) is 4.62. The first-order valence-electron chi connectivity index (χ1n) is 5.83. The molecule has 1 aromatic carbocycles. The van der Waals surface area contributed by atoms with E-state index in [9.17, 15) is 0 Å². The van der Waals surface area contributed by atoms with Gasteiger partial charge < -0.3 is 5.73 Å². The normalized spacial score (nSPS) is 14.9. The number of hydrogen-bond acceptors (Lipinski definition) is 2. The maximum atomic E-state index is 6.10. The topological polar surface area (TPSA) is 38.9 Å². The van der Waals surface area contributed by atoms with Gasteiger partial charge in [0.05, 0.1) is 5.69 Å². The van der Waals surface area contributed by atoms with E-state index in [1.54, 1.807) is 0 Å². The number of fused-ring (bicyclic) bond motifs is 1. The number of rotatable bonds is 3. The van der Waals surface area contributed by atoms with Crippen molar-refractivity contribution in [2.75, 3.05) is 0 Å². The highest BCUT2D eigenvalue weighted by Crippen LogP contribution is 2.25. The lowest BCUT2D eigenvalue weighted by Gasteiger charge is -2.19. The summed E-state index contributed by atoms with van der Waals surface area (Å²) >= 11 is 0. The summed E-state index contributed by atoms with van der Waals surface area (Å²) in [7, 11) is 0. The lowest BCUT2D eigenvalue weighted by molar-refractivity contribution is 0.544. The van der Waals surface area contributed by atoms with Crippen molar-refractivity contribution in [1.82, 2.24) is 4.98 Å². The van der Waals surface area contributed by atoms with Crippen LogP contribution in [0.3, 0.4) is 0 Å². The third-order valence-electron chi connectivity index (χ3n) is 3.25. The predicted molar refractivity (Wildman–Crippen MR) is 68.4 cm³/mol. The van der Waals surface area contributed by atoms with E-state index in [0.29, 0.717) is 5.92 Å². The first-order chi connectivity index (χ1) is 7.74. The fraction of sp³-hybridized carbons (Fsp3) is 0.357. The zero-order valence-corrected chi connectivity index (χ0v) is 9.85. The van der Waals surface area contributed by atoms with E-state index in [0.717, 1.165) is 12.1 Å². The summed E-state index contributed by atoms with van der Waals surface area (Å²) in [5.74, 6) is 0.302. The van der Waals surface area contributed by atoms with Crippen molar-refractivity contribution in [3.63, 3.8) is 0 Å². The average Bonchev–Trinajstić information content (AvgIpc) is 2.36. The Balaban J connectivity index is 2.52. The molecule has 2 heteroatoms. The van der Waals surface area contributed by atoms with Crippen molar-refractivity contribution >= 4 is 10.8 Å². The molecule has 0 aliphatic carbocycles. The van der Waals surface area contributed by atoms with Crippen molar-refractivity contribution in [2.24, 2.45) is 5.73 Å². The van der Waals surface area contributed by atoms with Crippen LogP contribution in [-0.2, 0) is 0 Å². The lowest BCUT2D eigenvalue weighted by Crippen LogP contribution is -2.26. The molecule has 0 aliphatic rings. The summed E-state index contributed by atoms with van der Waals surface area (Å²) in [6.45, 7) is 4.27. The van der Waals surface area contributed by atoms with E-state index in [1.807, 2.05) is 12.3 Å². The number of nitrogens with two attached hydrogens (primary N) is 1. The van der Waals surface area contributed by atoms with E-state index in [-0.39, 0.29) is 6.04 Å². The molecule has 0 saturated carbocycles. The van der Waals surface area contributed by atoms with Gasteiger partial charge in [0, 0.05) is 23.5 Å². The first-order valence-corrected chi connectivity index (χ1v) is 5.83. The molecule has 2 nitrogen and oxygen atoms in total. The van der Waals surface area contributed by atoms with Gasteiger partial charge in [0.2, 0.25) is 0 Å². The molecule has 2 unspecified atom stereocenters. The third kappa shape index (κ3) is 1.93. The summed E-state index contributed by atoms with van der Waals surface area (Å²) in [6.07, 6.45) is 2.85. The van der Waals surface area contributed by atoms with Crippen LogP contribution >= 0.6 is 0 Å². The van der Waals surface area contributed by atoms with Gasteiger partial charge in [0.1, 0.15) is 0 Å². The first kappa shape index (κ1) is 11.1. The van der Waals surface area contributed by atoms with Crippen LogP contribution in [0.2, 0.25) is 0 Å². The monoisotopic (exact) mass is 214 g/mol. The summed E-state index contributed by atoms with van der Waals surface area (Å²) in [4.78, 5) is 4.50. The van der Waals surface area contributed by atoms with Gasteiger partial charge in [-0.15, -0.1) is 0 Å². The molecule has 0 aliphatic heterocycles. The standard InChI is InChI=1S/C14H18N2/c1-3-13(15)10(2)14-12-7-5-4-6-11(12)8-9-16-14/h4-10,13H,3,15H2,1-2H3. The highest BCUT2D eigenvalue weighted by Gasteiger charge is 2.16. The maximum Gasteiger partial charge on any atom is 0.0525 e. The molecule has 2 aromatic rings. The molecular formula is C14H18N2. The molecular weight excluding hydrogens is 196 g/mol. The van der Waals surface area contributed by atoms with E-state index in [2.05, 4.69) is 43.1 Å². The molecule has 0 radical (unpaired) electrons. The van der Waals surface area contributed by atoms with E-state index < -0.39 is 0 Å². The number of aromatic nitrogens is 1. The fourth-order valence-electron chi connectivity index (χ4n) is 2.06. The molecule has 1 heterocycles. The summed E-state index contributed by atoms with van der Waals surface area (Å²) in [5, 5.41) is 2.46. The second-order valence-electron chi connectivity index (χ2n) is 4.28. The molecule has 0 fully saturated rings. The molecule has 2 atom stereocenters. The van der Waals surface area contributed by atoms with Crippen LogP contribution in [0.5, 0.6) is 0 Å². The Bertz CT molecular complexity index is 474. The summed E-state index contributed by atoms with van der Waals surface area (Å²) in [6, 6.07) is 10.6. The largest absolute Gasteiger partial charge is 0.327 e. The van der Waals surface area contributed by atoms with Gasteiger partial charge in [0.25, 0.3) is 0 Å². The van der Waals surface area contributed by atoms with E-state index in [4.69, 9.17) is 5.73 Å². The van der Waals surface area contributed by atoms with Gasteiger partial charge in [-0.1, -0.05) is 38.1 Å². The summed E-state index contributed by atoms with van der Waals surface area (Å²) < 4.78 is 0. The fourth-order valence-corrected chi connectivity index (χ4v) is 2.06. The van der Waals surface area contributed by atoms with E-state index >= 15 is 0 Å². The van der Waals surface area contributed by atoms with Gasteiger partial charge in [-0.25, -0.2) is 0 Å². The van der Waals surface area contributed by atoms with Crippen LogP contribution in [0.1, 0.15) is 31.9 Å².